The third kappa shape index (κ3) is 6.70. The molecule has 0 aromatic heterocycles. The summed E-state index contributed by atoms with van der Waals surface area (Å²) in [6, 6.07) is 17.6. The minimum Gasteiger partial charge on any atom is -0.497 e. The zero-order valence-corrected chi connectivity index (χ0v) is 16.4. The van der Waals surface area contributed by atoms with Gasteiger partial charge < -0.3 is 15.2 Å². The van der Waals surface area contributed by atoms with Crippen LogP contribution >= 0.6 is 0 Å². The highest BCUT2D eigenvalue weighted by molar-refractivity contribution is 5.78. The highest BCUT2D eigenvalue weighted by Gasteiger charge is 2.23. The van der Waals surface area contributed by atoms with Crippen LogP contribution < -0.4 is 10.1 Å². The lowest BCUT2D eigenvalue weighted by atomic mass is 10.0. The average Bonchev–Trinajstić information content (AvgIpc) is 2.67. The SMILES string of the molecule is COc1ccc(CNC(=O)CN(Cc2ccccc2)C(CO)C(C)C)cc1. The van der Waals surface area contributed by atoms with E-state index in [1.807, 2.05) is 59.5 Å². The summed E-state index contributed by atoms with van der Waals surface area (Å²) in [4.78, 5) is 14.6. The first kappa shape index (κ1) is 20.9. The monoisotopic (exact) mass is 370 g/mol. The van der Waals surface area contributed by atoms with Gasteiger partial charge in [0.2, 0.25) is 5.91 Å². The molecule has 1 atom stereocenters. The molecule has 2 aromatic carbocycles. The van der Waals surface area contributed by atoms with E-state index in [1.54, 1.807) is 7.11 Å². The van der Waals surface area contributed by atoms with Crippen molar-refractivity contribution < 1.29 is 14.6 Å². The molecule has 5 nitrogen and oxygen atoms in total. The predicted octanol–water partition coefficient (Wildman–Crippen LogP) is 2.83. The number of amides is 1. The van der Waals surface area contributed by atoms with Crippen molar-refractivity contribution in [3.05, 3.63) is 65.7 Å². The third-order valence-corrected chi connectivity index (χ3v) is 4.65. The minimum absolute atomic E-state index is 0.0241. The van der Waals surface area contributed by atoms with Crippen molar-refractivity contribution >= 4 is 5.91 Å². The van der Waals surface area contributed by atoms with Crippen molar-refractivity contribution in [3.8, 4) is 5.75 Å². The molecule has 0 saturated heterocycles. The molecule has 2 aromatic rings. The summed E-state index contributed by atoms with van der Waals surface area (Å²) in [5.74, 6) is 0.982. The molecular weight excluding hydrogens is 340 g/mol. The molecule has 0 aliphatic carbocycles. The van der Waals surface area contributed by atoms with Gasteiger partial charge >= 0.3 is 0 Å². The van der Waals surface area contributed by atoms with Crippen molar-refractivity contribution in [2.75, 3.05) is 20.3 Å². The van der Waals surface area contributed by atoms with Gasteiger partial charge in [-0.1, -0.05) is 56.3 Å². The molecule has 5 heteroatoms. The largest absolute Gasteiger partial charge is 0.497 e. The maximum absolute atomic E-state index is 12.5. The molecule has 0 heterocycles. The van der Waals surface area contributed by atoms with E-state index in [1.165, 1.54) is 0 Å². The molecule has 0 saturated carbocycles. The number of hydrogen-bond donors (Lipinski definition) is 2. The Morgan fingerprint density at radius 2 is 1.74 bits per heavy atom. The third-order valence-electron chi connectivity index (χ3n) is 4.65. The maximum Gasteiger partial charge on any atom is 0.234 e. The van der Waals surface area contributed by atoms with E-state index in [4.69, 9.17) is 4.74 Å². The summed E-state index contributed by atoms with van der Waals surface area (Å²) in [5, 5.41) is 12.8. The molecule has 0 aliphatic heterocycles. The second-order valence-corrected chi connectivity index (χ2v) is 7.01. The Kier molecular flexibility index (Phi) is 8.30. The second-order valence-electron chi connectivity index (χ2n) is 7.01. The first-order chi connectivity index (χ1) is 13.0. The number of benzene rings is 2. The summed E-state index contributed by atoms with van der Waals surface area (Å²) in [5.41, 5.74) is 2.14. The van der Waals surface area contributed by atoms with Crippen LogP contribution in [0.5, 0.6) is 5.75 Å². The molecule has 1 amide bonds. The van der Waals surface area contributed by atoms with E-state index < -0.39 is 0 Å². The summed E-state index contributed by atoms with van der Waals surface area (Å²) in [7, 11) is 1.63. The number of aliphatic hydroxyl groups is 1. The van der Waals surface area contributed by atoms with Crippen molar-refractivity contribution in [1.82, 2.24) is 10.2 Å². The van der Waals surface area contributed by atoms with Crippen molar-refractivity contribution in [3.63, 3.8) is 0 Å². The van der Waals surface area contributed by atoms with E-state index >= 15 is 0 Å². The van der Waals surface area contributed by atoms with Gasteiger partial charge in [-0.25, -0.2) is 0 Å². The van der Waals surface area contributed by atoms with Crippen molar-refractivity contribution in [1.29, 1.82) is 0 Å². The quantitative estimate of drug-likeness (QED) is 0.675. The summed E-state index contributed by atoms with van der Waals surface area (Å²) >= 11 is 0. The molecule has 0 aliphatic rings. The van der Waals surface area contributed by atoms with Crippen LogP contribution in [0.15, 0.2) is 54.6 Å². The molecule has 2 rings (SSSR count). The normalized spacial score (nSPS) is 12.2. The fourth-order valence-electron chi connectivity index (χ4n) is 3.04. The highest BCUT2D eigenvalue weighted by atomic mass is 16.5. The Bertz CT molecular complexity index is 686. The molecule has 2 N–H and O–H groups in total. The van der Waals surface area contributed by atoms with Crippen LogP contribution in [0.3, 0.4) is 0 Å². The van der Waals surface area contributed by atoms with Gasteiger partial charge in [-0.2, -0.15) is 0 Å². The Morgan fingerprint density at radius 3 is 2.30 bits per heavy atom. The average molecular weight is 370 g/mol. The van der Waals surface area contributed by atoms with E-state index in [9.17, 15) is 9.90 Å². The van der Waals surface area contributed by atoms with Gasteiger partial charge in [0.15, 0.2) is 0 Å². The molecular formula is C22H30N2O3. The van der Waals surface area contributed by atoms with Crippen LogP contribution in [0.25, 0.3) is 0 Å². The van der Waals surface area contributed by atoms with Crippen LogP contribution in [0.1, 0.15) is 25.0 Å². The summed E-state index contributed by atoms with van der Waals surface area (Å²) in [6.07, 6.45) is 0. The number of nitrogens with zero attached hydrogens (tertiary/aromatic N) is 1. The van der Waals surface area contributed by atoms with Gasteiger partial charge in [-0.3, -0.25) is 9.69 Å². The molecule has 27 heavy (non-hydrogen) atoms. The Hall–Kier alpha value is -2.37. The lowest BCUT2D eigenvalue weighted by Crippen LogP contribution is -2.46. The number of methoxy groups -OCH3 is 1. The number of nitrogens with one attached hydrogen (secondary N) is 1. The second kappa shape index (κ2) is 10.7. The topological polar surface area (TPSA) is 61.8 Å². The number of rotatable bonds is 10. The van der Waals surface area contributed by atoms with Gasteiger partial charge in [-0.05, 0) is 29.2 Å². The number of carbonyl (C=O) groups is 1. The van der Waals surface area contributed by atoms with Gasteiger partial charge in [0.25, 0.3) is 0 Å². The summed E-state index contributed by atoms with van der Waals surface area (Å²) < 4.78 is 5.15. The smallest absolute Gasteiger partial charge is 0.234 e. The zero-order chi connectivity index (χ0) is 19.6. The van der Waals surface area contributed by atoms with Gasteiger partial charge in [0, 0.05) is 19.1 Å². The number of hydrogen-bond acceptors (Lipinski definition) is 4. The zero-order valence-electron chi connectivity index (χ0n) is 16.4. The molecule has 1 unspecified atom stereocenters. The lowest BCUT2D eigenvalue weighted by molar-refractivity contribution is -0.123. The predicted molar refractivity (Wildman–Crippen MR) is 107 cm³/mol. The maximum atomic E-state index is 12.5. The fourth-order valence-corrected chi connectivity index (χ4v) is 3.04. The van der Waals surface area contributed by atoms with E-state index in [0.29, 0.717) is 13.1 Å². The molecule has 0 fully saturated rings. The Morgan fingerprint density at radius 1 is 1.07 bits per heavy atom. The molecule has 0 radical (unpaired) electrons. The Balaban J connectivity index is 1.98. The Labute approximate surface area is 162 Å². The summed E-state index contributed by atoms with van der Waals surface area (Å²) in [6.45, 7) is 5.49. The first-order valence-electron chi connectivity index (χ1n) is 9.32. The number of carbonyl (C=O) groups excluding carboxylic acids is 1. The minimum atomic E-state index is -0.0723. The van der Waals surface area contributed by atoms with Crippen LogP contribution in [0, 0.1) is 5.92 Å². The van der Waals surface area contributed by atoms with Gasteiger partial charge in [-0.15, -0.1) is 0 Å². The molecule has 0 bridgehead atoms. The molecule has 146 valence electrons. The van der Waals surface area contributed by atoms with Crippen LogP contribution in [-0.2, 0) is 17.9 Å². The van der Waals surface area contributed by atoms with Crippen molar-refractivity contribution in [2.45, 2.75) is 33.0 Å². The number of ether oxygens (including phenoxy) is 1. The van der Waals surface area contributed by atoms with Crippen molar-refractivity contribution in [2.24, 2.45) is 5.92 Å². The van der Waals surface area contributed by atoms with E-state index in [2.05, 4.69) is 19.2 Å². The van der Waals surface area contributed by atoms with Crippen LogP contribution in [0.4, 0.5) is 0 Å². The van der Waals surface area contributed by atoms with Gasteiger partial charge in [0.05, 0.1) is 20.3 Å². The standard InChI is InChI=1S/C22H30N2O3/c1-17(2)21(16-25)24(14-19-7-5-4-6-8-19)15-22(26)23-13-18-9-11-20(27-3)12-10-18/h4-12,17,21,25H,13-16H2,1-3H3,(H,23,26). The van der Waals surface area contributed by atoms with Crippen LogP contribution in [-0.4, -0.2) is 42.2 Å². The highest BCUT2D eigenvalue weighted by Crippen LogP contribution is 2.15. The first-order valence-corrected chi connectivity index (χ1v) is 9.32. The van der Waals surface area contributed by atoms with Gasteiger partial charge in [0.1, 0.15) is 5.75 Å². The number of aliphatic hydroxyl groups excluding tert-OH is 1. The van der Waals surface area contributed by atoms with E-state index in [0.717, 1.165) is 16.9 Å². The lowest BCUT2D eigenvalue weighted by Gasteiger charge is -2.32. The van der Waals surface area contributed by atoms with Crippen LogP contribution in [0.2, 0.25) is 0 Å². The fraction of sp³-hybridized carbons (Fsp3) is 0.409. The van der Waals surface area contributed by atoms with E-state index in [-0.39, 0.29) is 31.0 Å². The molecule has 0 spiro atoms.